The molecule has 0 amide bonds. The fourth-order valence-corrected chi connectivity index (χ4v) is 4.06. The quantitative estimate of drug-likeness (QED) is 0.722. The summed E-state index contributed by atoms with van der Waals surface area (Å²) in [5.41, 5.74) is 3.82. The molecule has 1 aliphatic rings. The van der Waals surface area contributed by atoms with Crippen molar-refractivity contribution in [1.29, 1.82) is 0 Å². The summed E-state index contributed by atoms with van der Waals surface area (Å²) in [6.45, 7) is 6.02. The van der Waals surface area contributed by atoms with Crippen molar-refractivity contribution in [1.82, 2.24) is 19.9 Å². The van der Waals surface area contributed by atoms with Gasteiger partial charge in [0.1, 0.15) is 0 Å². The number of rotatable bonds is 4. The first-order valence-corrected chi connectivity index (χ1v) is 9.76. The highest BCUT2D eigenvalue weighted by Crippen LogP contribution is 2.26. The van der Waals surface area contributed by atoms with E-state index in [1.165, 1.54) is 17.0 Å². The van der Waals surface area contributed by atoms with Gasteiger partial charge in [-0.3, -0.25) is 4.79 Å². The molecule has 1 fully saturated rings. The zero-order valence-electron chi connectivity index (χ0n) is 15.4. The highest BCUT2D eigenvalue weighted by Gasteiger charge is 2.13. The normalized spacial score (nSPS) is 14.4. The lowest BCUT2D eigenvalue weighted by molar-refractivity contribution is 0.589. The van der Waals surface area contributed by atoms with E-state index in [0.29, 0.717) is 5.95 Å². The van der Waals surface area contributed by atoms with Gasteiger partial charge in [0.2, 0.25) is 5.95 Å². The monoisotopic (exact) mass is 382 g/mol. The molecule has 8 heteroatoms. The molecule has 2 aromatic heterocycles. The van der Waals surface area contributed by atoms with Gasteiger partial charge < -0.3 is 20.1 Å². The minimum Gasteiger partial charge on any atom is -0.369 e. The zero-order chi connectivity index (χ0) is 18.8. The van der Waals surface area contributed by atoms with Crippen LogP contribution in [0.1, 0.15) is 5.69 Å². The number of nitrogens with zero attached hydrogens (tertiary/aromatic N) is 4. The van der Waals surface area contributed by atoms with E-state index in [4.69, 9.17) is 0 Å². The molecule has 0 bridgehead atoms. The number of aromatic nitrogens is 3. The van der Waals surface area contributed by atoms with Crippen molar-refractivity contribution in [2.45, 2.75) is 6.92 Å². The molecule has 0 spiro atoms. The minimum absolute atomic E-state index is 0.0131. The Bertz CT molecular complexity index is 988. The third kappa shape index (κ3) is 3.72. The smallest absolute Gasteiger partial charge is 0.307 e. The van der Waals surface area contributed by atoms with Crippen LogP contribution in [0, 0.1) is 6.92 Å². The second-order valence-corrected chi connectivity index (χ2v) is 7.48. The maximum atomic E-state index is 11.9. The Hall–Kier alpha value is -2.71. The Balaban J connectivity index is 1.53. The van der Waals surface area contributed by atoms with Gasteiger partial charge in [-0.1, -0.05) is 11.3 Å². The number of benzene rings is 1. The molecule has 0 aliphatic carbocycles. The van der Waals surface area contributed by atoms with Crippen molar-refractivity contribution >= 4 is 28.7 Å². The highest BCUT2D eigenvalue weighted by atomic mass is 32.1. The largest absolute Gasteiger partial charge is 0.369 e. The Morgan fingerprint density at radius 1 is 1.15 bits per heavy atom. The Morgan fingerprint density at radius 3 is 2.56 bits per heavy atom. The first kappa shape index (κ1) is 17.7. The summed E-state index contributed by atoms with van der Waals surface area (Å²) in [4.78, 5) is 24.0. The van der Waals surface area contributed by atoms with Crippen molar-refractivity contribution in [3.63, 3.8) is 0 Å². The number of piperazine rings is 1. The average molecular weight is 382 g/mol. The van der Waals surface area contributed by atoms with Gasteiger partial charge in [-0.15, -0.1) is 0 Å². The van der Waals surface area contributed by atoms with E-state index < -0.39 is 0 Å². The molecule has 0 unspecified atom stereocenters. The predicted molar refractivity (Wildman–Crippen MR) is 110 cm³/mol. The summed E-state index contributed by atoms with van der Waals surface area (Å²) >= 11 is 1.21. The third-order valence-corrected chi connectivity index (χ3v) is 5.95. The van der Waals surface area contributed by atoms with E-state index in [0.717, 1.165) is 48.1 Å². The average Bonchev–Trinajstić information content (AvgIpc) is 2.97. The first-order valence-electron chi connectivity index (χ1n) is 8.94. The molecular weight excluding hydrogens is 360 g/mol. The lowest BCUT2D eigenvalue weighted by Crippen LogP contribution is -2.43. The summed E-state index contributed by atoms with van der Waals surface area (Å²) in [7, 11) is 1.78. The molecule has 27 heavy (non-hydrogen) atoms. The fraction of sp³-hybridized carbons (Fsp3) is 0.316. The molecule has 1 aliphatic heterocycles. The van der Waals surface area contributed by atoms with E-state index in [2.05, 4.69) is 37.6 Å². The maximum Gasteiger partial charge on any atom is 0.307 e. The van der Waals surface area contributed by atoms with Crippen LogP contribution in [-0.4, -0.2) is 40.7 Å². The second kappa shape index (κ2) is 7.50. The van der Waals surface area contributed by atoms with Crippen LogP contribution >= 0.6 is 11.3 Å². The van der Waals surface area contributed by atoms with Crippen LogP contribution in [0.15, 0.2) is 41.3 Å². The van der Waals surface area contributed by atoms with Gasteiger partial charge in [-0.05, 0) is 37.3 Å². The van der Waals surface area contributed by atoms with Crippen LogP contribution in [0.5, 0.6) is 0 Å². The van der Waals surface area contributed by atoms with E-state index >= 15 is 0 Å². The summed E-state index contributed by atoms with van der Waals surface area (Å²) in [6, 6.07) is 10.1. The standard InChI is InChI=1S/C19H22N6OS/c1-13-17(27-19(26)24(13)2)16-7-8-21-18(23-16)22-14-3-5-15(6-4-14)25-11-9-20-10-12-25/h3-8,20H,9-12H2,1-2H3,(H,21,22,23). The zero-order valence-corrected chi connectivity index (χ0v) is 16.2. The van der Waals surface area contributed by atoms with Crippen molar-refractivity contribution in [3.8, 4) is 10.6 Å². The number of anilines is 3. The number of thiazole rings is 1. The summed E-state index contributed by atoms with van der Waals surface area (Å²) in [5, 5.41) is 6.62. The number of nitrogens with one attached hydrogen (secondary N) is 2. The minimum atomic E-state index is 0.0131. The fourth-order valence-electron chi connectivity index (χ4n) is 3.11. The Kier molecular flexibility index (Phi) is 4.91. The molecule has 3 aromatic rings. The van der Waals surface area contributed by atoms with Crippen molar-refractivity contribution in [3.05, 3.63) is 51.9 Å². The van der Waals surface area contributed by atoms with Gasteiger partial charge in [0.25, 0.3) is 0 Å². The molecule has 3 heterocycles. The van der Waals surface area contributed by atoms with Crippen molar-refractivity contribution in [2.75, 3.05) is 36.4 Å². The summed E-state index contributed by atoms with van der Waals surface area (Å²) in [6.07, 6.45) is 1.71. The van der Waals surface area contributed by atoms with Gasteiger partial charge in [0.15, 0.2) is 0 Å². The molecular formula is C19H22N6OS. The van der Waals surface area contributed by atoms with Crippen LogP contribution < -0.4 is 20.4 Å². The van der Waals surface area contributed by atoms with E-state index in [-0.39, 0.29) is 4.87 Å². The van der Waals surface area contributed by atoms with Crippen LogP contribution in [0.4, 0.5) is 17.3 Å². The van der Waals surface area contributed by atoms with Gasteiger partial charge in [0, 0.05) is 56.5 Å². The van der Waals surface area contributed by atoms with Crippen LogP contribution in [0.3, 0.4) is 0 Å². The van der Waals surface area contributed by atoms with Crippen LogP contribution in [0.2, 0.25) is 0 Å². The van der Waals surface area contributed by atoms with E-state index in [9.17, 15) is 4.79 Å². The highest BCUT2D eigenvalue weighted by molar-refractivity contribution is 7.13. The molecule has 1 saturated heterocycles. The summed E-state index contributed by atoms with van der Waals surface area (Å²) in [5.74, 6) is 0.519. The predicted octanol–water partition coefficient (Wildman–Crippen LogP) is 2.37. The molecule has 2 N–H and O–H groups in total. The molecule has 4 rings (SSSR count). The second-order valence-electron chi connectivity index (χ2n) is 6.52. The topological polar surface area (TPSA) is 75.1 Å². The molecule has 7 nitrogen and oxygen atoms in total. The Labute approximate surface area is 161 Å². The Morgan fingerprint density at radius 2 is 1.89 bits per heavy atom. The molecule has 140 valence electrons. The van der Waals surface area contributed by atoms with E-state index in [1.54, 1.807) is 17.8 Å². The van der Waals surface area contributed by atoms with Crippen molar-refractivity contribution in [2.24, 2.45) is 7.05 Å². The number of hydrogen-bond donors (Lipinski definition) is 2. The molecule has 0 radical (unpaired) electrons. The van der Waals surface area contributed by atoms with Gasteiger partial charge >= 0.3 is 4.87 Å². The SMILES string of the molecule is Cc1c(-c2ccnc(Nc3ccc(N4CCNCC4)cc3)n2)sc(=O)n1C. The van der Waals surface area contributed by atoms with Crippen LogP contribution in [0.25, 0.3) is 10.6 Å². The lowest BCUT2D eigenvalue weighted by Gasteiger charge is -2.29. The molecule has 0 atom stereocenters. The third-order valence-electron chi connectivity index (χ3n) is 4.79. The molecule has 0 saturated carbocycles. The first-order chi connectivity index (χ1) is 13.1. The van der Waals surface area contributed by atoms with E-state index in [1.807, 2.05) is 25.1 Å². The van der Waals surface area contributed by atoms with Crippen LogP contribution in [-0.2, 0) is 7.05 Å². The maximum absolute atomic E-state index is 11.9. The molecule has 1 aromatic carbocycles. The number of hydrogen-bond acceptors (Lipinski definition) is 7. The lowest BCUT2D eigenvalue weighted by atomic mass is 10.2. The van der Waals surface area contributed by atoms with Crippen molar-refractivity contribution < 1.29 is 0 Å². The van der Waals surface area contributed by atoms with Gasteiger partial charge in [0.05, 0.1) is 10.6 Å². The van der Waals surface area contributed by atoms with Gasteiger partial charge in [-0.25, -0.2) is 9.97 Å². The summed E-state index contributed by atoms with van der Waals surface area (Å²) < 4.78 is 1.64. The van der Waals surface area contributed by atoms with Gasteiger partial charge in [-0.2, -0.15) is 0 Å².